The Morgan fingerprint density at radius 3 is 2.93 bits per heavy atom. The molecule has 0 spiro atoms. The lowest BCUT2D eigenvalue weighted by molar-refractivity contribution is 0.0513. The summed E-state index contributed by atoms with van der Waals surface area (Å²) in [5, 5.41) is 8.64. The van der Waals surface area contributed by atoms with Crippen molar-refractivity contribution in [3.05, 3.63) is 47.5 Å². The Labute approximate surface area is 87.8 Å². The van der Waals surface area contributed by atoms with Crippen LogP contribution in [0.15, 0.2) is 36.9 Å². The molecule has 0 aliphatic rings. The van der Waals surface area contributed by atoms with Crippen LogP contribution in [0.5, 0.6) is 0 Å². The zero-order valence-electron chi connectivity index (χ0n) is 8.22. The molecule has 0 aromatic heterocycles. The maximum Gasteiger partial charge on any atom is 0.399 e. The summed E-state index contributed by atoms with van der Waals surface area (Å²) in [6.45, 7) is 3.79. The second-order valence-electron chi connectivity index (χ2n) is 2.83. The number of carbonyl (C=O) groups is 1. The summed E-state index contributed by atoms with van der Waals surface area (Å²) in [4.78, 5) is 14.5. The van der Waals surface area contributed by atoms with Crippen LogP contribution in [0.1, 0.15) is 16.8 Å². The van der Waals surface area contributed by atoms with Gasteiger partial charge in [-0.05, 0) is 12.5 Å². The molecule has 0 N–H and O–H groups in total. The molecule has 0 unspecified atom stereocenters. The van der Waals surface area contributed by atoms with Crippen molar-refractivity contribution in [2.45, 2.75) is 6.42 Å². The van der Waals surface area contributed by atoms with E-state index >= 15 is 0 Å². The molecule has 0 atom stereocenters. The first-order chi connectivity index (χ1) is 7.29. The van der Waals surface area contributed by atoms with Crippen molar-refractivity contribution in [2.24, 2.45) is 0 Å². The zero-order valence-corrected chi connectivity index (χ0v) is 8.22. The molecule has 0 radical (unpaired) electrons. The summed E-state index contributed by atoms with van der Waals surface area (Å²) < 4.78 is 4.93. The molecule has 1 aromatic carbocycles. The number of diazo groups is 1. The second kappa shape index (κ2) is 5.55. The van der Waals surface area contributed by atoms with E-state index in [4.69, 9.17) is 10.1 Å². The molecule has 0 bridgehead atoms. The molecular weight excluding hydrogens is 192 g/mol. The summed E-state index contributed by atoms with van der Waals surface area (Å²) in [7, 11) is 0. The van der Waals surface area contributed by atoms with E-state index in [-0.39, 0.29) is 17.9 Å². The summed E-state index contributed by atoms with van der Waals surface area (Å²) in [5.74, 6) is -0.495. The highest BCUT2D eigenvalue weighted by molar-refractivity contribution is 5.95. The van der Waals surface area contributed by atoms with Gasteiger partial charge in [-0.3, -0.25) is 0 Å². The standard InChI is InChI=1S/C11H11N2O2/c1-2-3-8-15-11(14)9-6-4-5-7-10(9)13-12/h2,4-7H,1,3,8H2/q+1. The highest BCUT2D eigenvalue weighted by atomic mass is 16.5. The SMILES string of the molecule is C=CCCOC(=O)c1ccccc1[N+]#N. The molecule has 15 heavy (non-hydrogen) atoms. The highest BCUT2D eigenvalue weighted by Crippen LogP contribution is 2.19. The Morgan fingerprint density at radius 1 is 1.53 bits per heavy atom. The van der Waals surface area contributed by atoms with Gasteiger partial charge >= 0.3 is 11.7 Å². The molecule has 76 valence electrons. The topological polar surface area (TPSA) is 54.5 Å². The third-order valence-corrected chi connectivity index (χ3v) is 1.79. The molecule has 4 nitrogen and oxygen atoms in total. The maximum absolute atomic E-state index is 11.5. The van der Waals surface area contributed by atoms with E-state index < -0.39 is 5.97 Å². The van der Waals surface area contributed by atoms with Crippen LogP contribution in [-0.2, 0) is 4.74 Å². The minimum absolute atomic E-state index is 0.209. The van der Waals surface area contributed by atoms with E-state index in [9.17, 15) is 4.79 Å². The third-order valence-electron chi connectivity index (χ3n) is 1.79. The van der Waals surface area contributed by atoms with Gasteiger partial charge in [0.15, 0.2) is 10.5 Å². The van der Waals surface area contributed by atoms with Crippen molar-refractivity contribution in [1.29, 1.82) is 5.39 Å². The van der Waals surface area contributed by atoms with Gasteiger partial charge in [0.2, 0.25) is 5.39 Å². The lowest BCUT2D eigenvalue weighted by Gasteiger charge is -2.00. The van der Waals surface area contributed by atoms with Gasteiger partial charge in [-0.2, -0.15) is 0 Å². The first kappa shape index (κ1) is 10.9. The van der Waals surface area contributed by atoms with Crippen LogP contribution >= 0.6 is 0 Å². The predicted octanol–water partition coefficient (Wildman–Crippen LogP) is 2.90. The minimum atomic E-state index is -0.495. The van der Waals surface area contributed by atoms with Gasteiger partial charge < -0.3 is 4.74 Å². The van der Waals surface area contributed by atoms with Gasteiger partial charge in [0.1, 0.15) is 0 Å². The van der Waals surface area contributed by atoms with Crippen molar-refractivity contribution < 1.29 is 9.53 Å². The van der Waals surface area contributed by atoms with Crippen LogP contribution in [0.2, 0.25) is 0 Å². The highest BCUT2D eigenvalue weighted by Gasteiger charge is 2.20. The van der Waals surface area contributed by atoms with Crippen molar-refractivity contribution in [2.75, 3.05) is 6.61 Å². The number of rotatable bonds is 4. The van der Waals surface area contributed by atoms with Gasteiger partial charge in [-0.1, -0.05) is 18.2 Å². The Kier molecular flexibility index (Phi) is 4.05. The van der Waals surface area contributed by atoms with Gasteiger partial charge in [0, 0.05) is 6.07 Å². The monoisotopic (exact) mass is 203 g/mol. The lowest BCUT2D eigenvalue weighted by Crippen LogP contribution is -2.05. The molecule has 4 heteroatoms. The van der Waals surface area contributed by atoms with Crippen LogP contribution in [0.25, 0.3) is 4.98 Å². The summed E-state index contributed by atoms with van der Waals surface area (Å²) in [6.07, 6.45) is 2.26. The number of hydrogen-bond acceptors (Lipinski definition) is 3. The fourth-order valence-electron chi connectivity index (χ4n) is 1.05. The molecule has 0 aliphatic carbocycles. The molecule has 1 aromatic rings. The second-order valence-corrected chi connectivity index (χ2v) is 2.83. The average molecular weight is 203 g/mol. The van der Waals surface area contributed by atoms with Gasteiger partial charge in [-0.25, -0.2) is 4.79 Å². The summed E-state index contributed by atoms with van der Waals surface area (Å²) >= 11 is 0. The van der Waals surface area contributed by atoms with Crippen LogP contribution < -0.4 is 0 Å². The predicted molar refractivity (Wildman–Crippen MR) is 56.3 cm³/mol. The quantitative estimate of drug-likeness (QED) is 0.327. The number of ether oxygens (including phenoxy) is 1. The Bertz CT molecular complexity index is 407. The van der Waals surface area contributed by atoms with E-state index in [1.807, 2.05) is 0 Å². The summed E-state index contributed by atoms with van der Waals surface area (Å²) in [5.41, 5.74) is 0.463. The largest absolute Gasteiger partial charge is 0.462 e. The normalized spacial score (nSPS) is 9.00. The van der Waals surface area contributed by atoms with E-state index in [1.54, 1.807) is 24.3 Å². The van der Waals surface area contributed by atoms with E-state index in [0.29, 0.717) is 6.42 Å². The number of hydrogen-bond donors (Lipinski definition) is 0. The van der Waals surface area contributed by atoms with Crippen LogP contribution in [0, 0.1) is 5.39 Å². The van der Waals surface area contributed by atoms with Gasteiger partial charge in [0.05, 0.1) is 6.61 Å². The zero-order chi connectivity index (χ0) is 11.1. The molecule has 1 rings (SSSR count). The summed E-state index contributed by atoms with van der Waals surface area (Å²) in [6, 6.07) is 6.43. The number of nitrogens with zero attached hydrogens (tertiary/aromatic N) is 2. The first-order valence-electron chi connectivity index (χ1n) is 4.51. The van der Waals surface area contributed by atoms with E-state index in [1.165, 1.54) is 6.07 Å². The lowest BCUT2D eigenvalue weighted by atomic mass is 10.2. The Hall–Kier alpha value is -2.15. The van der Waals surface area contributed by atoms with Crippen molar-refractivity contribution in [3.63, 3.8) is 0 Å². The average Bonchev–Trinajstić information content (AvgIpc) is 2.29. The van der Waals surface area contributed by atoms with Crippen LogP contribution in [0.3, 0.4) is 0 Å². The third kappa shape index (κ3) is 2.92. The molecule has 0 aliphatic heterocycles. The number of esters is 1. The van der Waals surface area contributed by atoms with Crippen molar-refractivity contribution in [3.8, 4) is 0 Å². The van der Waals surface area contributed by atoms with Gasteiger partial charge in [-0.15, -0.1) is 6.58 Å². The number of carbonyl (C=O) groups excluding carboxylic acids is 1. The molecular formula is C11H11N2O2+. The van der Waals surface area contributed by atoms with Crippen molar-refractivity contribution in [1.82, 2.24) is 0 Å². The van der Waals surface area contributed by atoms with Crippen molar-refractivity contribution >= 4 is 11.7 Å². The molecule has 0 saturated heterocycles. The molecule has 0 fully saturated rings. The fourth-order valence-corrected chi connectivity index (χ4v) is 1.05. The maximum atomic E-state index is 11.5. The first-order valence-corrected chi connectivity index (χ1v) is 4.51. The van der Waals surface area contributed by atoms with Crippen LogP contribution in [-0.4, -0.2) is 12.6 Å². The molecule has 0 saturated carbocycles. The van der Waals surface area contributed by atoms with E-state index in [0.717, 1.165) is 0 Å². The number of benzene rings is 1. The molecule has 0 amide bonds. The van der Waals surface area contributed by atoms with Crippen LogP contribution in [0.4, 0.5) is 5.69 Å². The van der Waals surface area contributed by atoms with E-state index in [2.05, 4.69) is 11.6 Å². The fraction of sp³-hybridized carbons (Fsp3) is 0.182. The Balaban J connectivity index is 2.74. The minimum Gasteiger partial charge on any atom is -0.462 e. The molecule has 0 heterocycles. The smallest absolute Gasteiger partial charge is 0.399 e. The Morgan fingerprint density at radius 2 is 2.27 bits per heavy atom. The van der Waals surface area contributed by atoms with Gasteiger partial charge in [0.25, 0.3) is 0 Å².